The molecule has 0 saturated heterocycles. The maximum atomic E-state index is 11.3. The normalized spacial score (nSPS) is 33.8. The quantitative estimate of drug-likeness (QED) is 0.459. The van der Waals surface area contributed by atoms with Crippen LogP contribution in [0.1, 0.15) is 52.4 Å². The van der Waals surface area contributed by atoms with Crippen LogP contribution in [-0.2, 0) is 19.1 Å². The van der Waals surface area contributed by atoms with Gasteiger partial charge in [-0.2, -0.15) is 12.6 Å². The summed E-state index contributed by atoms with van der Waals surface area (Å²) in [4.78, 5) is 21.9. The van der Waals surface area contributed by atoms with Gasteiger partial charge in [0.05, 0.1) is 12.5 Å². The van der Waals surface area contributed by atoms with Gasteiger partial charge in [-0.25, -0.2) is 4.79 Å². The number of carbonyl (C=O) groups is 2. The van der Waals surface area contributed by atoms with Gasteiger partial charge in [-0.05, 0) is 63.2 Å². The fourth-order valence-electron chi connectivity index (χ4n) is 4.89. The Balaban J connectivity index is 0.000000193. The predicted octanol–water partition coefficient (Wildman–Crippen LogP) is 2.50. The predicted molar refractivity (Wildman–Crippen MR) is 102 cm³/mol. The van der Waals surface area contributed by atoms with E-state index < -0.39 is 24.0 Å². The molecule has 3 N–H and O–H groups in total. The molecule has 0 aromatic carbocycles. The number of aliphatic carboxylic acids is 1. The average molecular weight is 388 g/mol. The SMILES string of the molecule is CCOC[C@H](OC(=O)[C@H](C)CS)C(=O)O.NC12CC3CC(CC(C3)C1)C2. The number of ether oxygens (including phenoxy) is 2. The van der Waals surface area contributed by atoms with Crippen LogP contribution in [0.4, 0.5) is 0 Å². The van der Waals surface area contributed by atoms with Crippen LogP contribution in [0.15, 0.2) is 0 Å². The molecule has 0 spiro atoms. The van der Waals surface area contributed by atoms with Crippen LogP contribution in [0, 0.1) is 23.7 Å². The molecular formula is C19H33NO5S. The van der Waals surface area contributed by atoms with Crippen LogP contribution in [-0.4, -0.2) is 47.7 Å². The summed E-state index contributed by atoms with van der Waals surface area (Å²) in [6.07, 6.45) is 7.33. The van der Waals surface area contributed by atoms with Crippen molar-refractivity contribution in [3.63, 3.8) is 0 Å². The van der Waals surface area contributed by atoms with E-state index in [0.717, 1.165) is 17.8 Å². The third-order valence-corrected chi connectivity index (χ3v) is 6.32. The van der Waals surface area contributed by atoms with E-state index >= 15 is 0 Å². The number of thiol groups is 1. The van der Waals surface area contributed by atoms with Gasteiger partial charge in [-0.1, -0.05) is 6.92 Å². The number of carboxylic acids is 1. The van der Waals surface area contributed by atoms with Gasteiger partial charge in [0.15, 0.2) is 0 Å². The summed E-state index contributed by atoms with van der Waals surface area (Å²) in [7, 11) is 0. The van der Waals surface area contributed by atoms with Gasteiger partial charge < -0.3 is 20.3 Å². The largest absolute Gasteiger partial charge is 0.478 e. The second-order valence-electron chi connectivity index (χ2n) is 8.29. The number of nitrogens with two attached hydrogens (primary N) is 1. The van der Waals surface area contributed by atoms with Crippen LogP contribution in [0.3, 0.4) is 0 Å². The third kappa shape index (κ3) is 5.86. The van der Waals surface area contributed by atoms with Gasteiger partial charge in [0.1, 0.15) is 0 Å². The van der Waals surface area contributed by atoms with Gasteiger partial charge in [-0.15, -0.1) is 0 Å². The molecule has 0 radical (unpaired) electrons. The molecule has 4 fully saturated rings. The lowest BCUT2D eigenvalue weighted by Gasteiger charge is -2.55. The maximum absolute atomic E-state index is 11.3. The van der Waals surface area contributed by atoms with Crippen molar-refractivity contribution < 1.29 is 24.2 Å². The van der Waals surface area contributed by atoms with E-state index in [0.29, 0.717) is 17.9 Å². The summed E-state index contributed by atoms with van der Waals surface area (Å²) >= 11 is 3.92. The van der Waals surface area contributed by atoms with E-state index in [4.69, 9.17) is 20.3 Å². The molecule has 0 heterocycles. The van der Waals surface area contributed by atoms with E-state index in [1.54, 1.807) is 13.8 Å². The molecular weight excluding hydrogens is 354 g/mol. The minimum absolute atomic E-state index is 0.128. The van der Waals surface area contributed by atoms with E-state index in [1.807, 2.05) is 0 Å². The summed E-state index contributed by atoms with van der Waals surface area (Å²) in [5.74, 6) is 1.18. The molecule has 0 unspecified atom stereocenters. The van der Waals surface area contributed by atoms with Crippen molar-refractivity contribution in [1.82, 2.24) is 0 Å². The molecule has 2 atom stereocenters. The first kappa shape index (κ1) is 21.5. The highest BCUT2D eigenvalue weighted by atomic mass is 32.1. The lowest BCUT2D eigenvalue weighted by molar-refractivity contribution is -0.170. The Morgan fingerprint density at radius 1 is 1.19 bits per heavy atom. The Morgan fingerprint density at radius 2 is 1.69 bits per heavy atom. The highest BCUT2D eigenvalue weighted by molar-refractivity contribution is 7.80. The topological polar surface area (TPSA) is 98.8 Å². The Morgan fingerprint density at radius 3 is 2.04 bits per heavy atom. The van der Waals surface area contributed by atoms with E-state index in [2.05, 4.69) is 12.6 Å². The molecule has 4 aliphatic carbocycles. The van der Waals surface area contributed by atoms with Gasteiger partial charge in [0, 0.05) is 17.9 Å². The van der Waals surface area contributed by atoms with Crippen LogP contribution in [0.5, 0.6) is 0 Å². The Hall–Kier alpha value is -0.790. The van der Waals surface area contributed by atoms with Crippen LogP contribution < -0.4 is 5.73 Å². The van der Waals surface area contributed by atoms with E-state index in [1.165, 1.54) is 38.5 Å². The van der Waals surface area contributed by atoms with E-state index in [-0.39, 0.29) is 6.61 Å². The summed E-state index contributed by atoms with van der Waals surface area (Å²) in [6, 6.07) is 0. The summed E-state index contributed by atoms with van der Waals surface area (Å²) in [6.45, 7) is 3.60. The van der Waals surface area contributed by atoms with Crippen molar-refractivity contribution in [2.24, 2.45) is 29.4 Å². The number of rotatable bonds is 7. The molecule has 4 rings (SSSR count). The molecule has 4 aliphatic rings. The van der Waals surface area contributed by atoms with Gasteiger partial charge >= 0.3 is 11.9 Å². The Kier molecular flexibility index (Phi) is 7.79. The lowest BCUT2D eigenvalue weighted by Crippen LogP contribution is -2.55. The number of hydrogen-bond donors (Lipinski definition) is 3. The van der Waals surface area contributed by atoms with Crippen molar-refractivity contribution in [2.75, 3.05) is 19.0 Å². The van der Waals surface area contributed by atoms with Gasteiger partial charge in [0.25, 0.3) is 0 Å². The monoisotopic (exact) mass is 387 g/mol. The second kappa shape index (κ2) is 9.42. The first-order valence-corrected chi connectivity index (χ1v) is 10.3. The van der Waals surface area contributed by atoms with Crippen molar-refractivity contribution >= 4 is 24.6 Å². The van der Waals surface area contributed by atoms with E-state index in [9.17, 15) is 9.59 Å². The molecule has 0 aromatic heterocycles. The number of carbonyl (C=O) groups excluding carboxylic acids is 1. The average Bonchev–Trinajstić information content (AvgIpc) is 2.55. The van der Waals surface area contributed by atoms with Crippen molar-refractivity contribution in [2.45, 2.75) is 64.0 Å². The molecule has 0 aliphatic heterocycles. The first-order valence-electron chi connectivity index (χ1n) is 9.67. The number of carboxylic acid groups (broad SMARTS) is 1. The Labute approximate surface area is 161 Å². The third-order valence-electron chi connectivity index (χ3n) is 5.77. The lowest BCUT2D eigenvalue weighted by atomic mass is 9.53. The van der Waals surface area contributed by atoms with Crippen LogP contribution in [0.25, 0.3) is 0 Å². The zero-order valence-electron chi connectivity index (χ0n) is 15.9. The molecule has 4 bridgehead atoms. The van der Waals surface area contributed by atoms with Crippen molar-refractivity contribution in [1.29, 1.82) is 0 Å². The first-order chi connectivity index (χ1) is 12.3. The molecule has 6 nitrogen and oxygen atoms in total. The molecule has 7 heteroatoms. The molecule has 0 amide bonds. The smallest absolute Gasteiger partial charge is 0.347 e. The minimum Gasteiger partial charge on any atom is -0.478 e. The fourth-order valence-corrected chi connectivity index (χ4v) is 5.04. The molecule has 4 saturated carbocycles. The van der Waals surface area contributed by atoms with Crippen LogP contribution in [0.2, 0.25) is 0 Å². The molecule has 26 heavy (non-hydrogen) atoms. The summed E-state index contributed by atoms with van der Waals surface area (Å²) < 4.78 is 9.65. The van der Waals surface area contributed by atoms with Gasteiger partial charge in [-0.3, -0.25) is 4.79 Å². The number of esters is 1. The molecule has 0 aromatic rings. The minimum atomic E-state index is -1.24. The highest BCUT2D eigenvalue weighted by Gasteiger charge is 2.48. The summed E-state index contributed by atoms with van der Waals surface area (Å²) in [5, 5.41) is 8.73. The standard InChI is InChI=1S/C10H17N.C9H16O5S/c11-10-4-7-1-8(5-10)3-9(2-7)6-10;1-3-13-4-7(8(10)11)14-9(12)6(2)5-15/h7-9H,1-6,11H2;6-7,15H,3-5H2,1-2H3,(H,10,11)/t;6-,7+/m.1/s1. The van der Waals surface area contributed by atoms with Crippen LogP contribution >= 0.6 is 12.6 Å². The zero-order valence-corrected chi connectivity index (χ0v) is 16.7. The second-order valence-corrected chi connectivity index (χ2v) is 8.65. The maximum Gasteiger partial charge on any atom is 0.347 e. The zero-order chi connectivity index (χ0) is 19.3. The highest BCUT2D eigenvalue weighted by Crippen LogP contribution is 2.54. The summed E-state index contributed by atoms with van der Waals surface area (Å²) in [5.41, 5.74) is 6.62. The molecule has 150 valence electrons. The van der Waals surface area contributed by atoms with Gasteiger partial charge in [0.2, 0.25) is 6.10 Å². The van der Waals surface area contributed by atoms with Crippen molar-refractivity contribution in [3.8, 4) is 0 Å². The Bertz CT molecular complexity index is 463. The van der Waals surface area contributed by atoms with Crippen molar-refractivity contribution in [3.05, 3.63) is 0 Å². The fraction of sp³-hybridized carbons (Fsp3) is 0.895. The number of hydrogen-bond acceptors (Lipinski definition) is 6.